The average molecular weight is 427 g/mol. The molecule has 1 fully saturated rings. The highest BCUT2D eigenvalue weighted by Crippen LogP contribution is 2.27. The van der Waals surface area contributed by atoms with Gasteiger partial charge in [-0.3, -0.25) is 15.0 Å². The number of pyridine rings is 1. The van der Waals surface area contributed by atoms with E-state index < -0.39 is 22.0 Å². The quantitative estimate of drug-likeness (QED) is 0.462. The molecule has 1 aliphatic rings. The van der Waals surface area contributed by atoms with Crippen LogP contribution in [-0.2, 0) is 21.4 Å². The zero-order valence-electron chi connectivity index (χ0n) is 16.1. The Morgan fingerprint density at radius 2 is 1.93 bits per heavy atom. The highest BCUT2D eigenvalue weighted by Gasteiger charge is 2.39. The van der Waals surface area contributed by atoms with Crippen molar-refractivity contribution in [2.75, 3.05) is 6.54 Å². The first-order valence-corrected chi connectivity index (χ1v) is 11.0. The van der Waals surface area contributed by atoms with E-state index in [1.165, 1.54) is 12.1 Å². The molecule has 1 unspecified atom stereocenters. The molecule has 0 bridgehead atoms. The largest absolute Gasteiger partial charge is 0.489 e. The van der Waals surface area contributed by atoms with Crippen LogP contribution < -0.4 is 10.2 Å². The maximum atomic E-state index is 12.9. The van der Waals surface area contributed by atoms with E-state index in [1.54, 1.807) is 23.8 Å². The topological polar surface area (TPSA) is 109 Å². The van der Waals surface area contributed by atoms with E-state index in [4.69, 9.17) is 9.94 Å². The molecule has 4 rings (SSSR count). The minimum atomic E-state index is -3.86. The summed E-state index contributed by atoms with van der Waals surface area (Å²) in [7, 11) is -3.86. The number of sulfonamides is 1. The van der Waals surface area contributed by atoms with Gasteiger partial charge in [-0.15, -0.1) is 0 Å². The van der Waals surface area contributed by atoms with Crippen LogP contribution in [0, 0.1) is 0 Å². The van der Waals surface area contributed by atoms with E-state index in [1.807, 2.05) is 30.3 Å². The molecule has 30 heavy (non-hydrogen) atoms. The van der Waals surface area contributed by atoms with Crippen LogP contribution in [0.4, 0.5) is 0 Å². The van der Waals surface area contributed by atoms with Crippen molar-refractivity contribution >= 4 is 26.8 Å². The molecule has 1 aliphatic heterocycles. The maximum absolute atomic E-state index is 12.9. The van der Waals surface area contributed by atoms with E-state index in [0.717, 1.165) is 20.8 Å². The second-order valence-electron chi connectivity index (χ2n) is 7.00. The lowest BCUT2D eigenvalue weighted by Crippen LogP contribution is -2.44. The number of benzene rings is 2. The predicted molar refractivity (Wildman–Crippen MR) is 109 cm³/mol. The fourth-order valence-electron chi connectivity index (χ4n) is 3.65. The second-order valence-corrected chi connectivity index (χ2v) is 8.89. The van der Waals surface area contributed by atoms with Crippen LogP contribution in [0.2, 0.25) is 0 Å². The van der Waals surface area contributed by atoms with Crippen molar-refractivity contribution in [2.24, 2.45) is 0 Å². The molecule has 1 aromatic heterocycles. The molecule has 0 aliphatic carbocycles. The van der Waals surface area contributed by atoms with Crippen molar-refractivity contribution in [3.63, 3.8) is 0 Å². The molecule has 156 valence electrons. The van der Waals surface area contributed by atoms with Crippen LogP contribution in [0.3, 0.4) is 0 Å². The van der Waals surface area contributed by atoms with E-state index in [-0.39, 0.29) is 11.4 Å². The van der Waals surface area contributed by atoms with Crippen molar-refractivity contribution in [1.82, 2.24) is 14.8 Å². The summed E-state index contributed by atoms with van der Waals surface area (Å²) in [5.74, 6) is -0.193. The van der Waals surface area contributed by atoms with E-state index in [9.17, 15) is 13.2 Å². The van der Waals surface area contributed by atoms with E-state index in [2.05, 4.69) is 4.98 Å². The lowest BCUT2D eigenvalue weighted by atomic mass is 10.1. The second kappa shape index (κ2) is 8.39. The van der Waals surface area contributed by atoms with Gasteiger partial charge < -0.3 is 4.74 Å². The van der Waals surface area contributed by atoms with Gasteiger partial charge in [-0.2, -0.15) is 4.31 Å². The summed E-state index contributed by atoms with van der Waals surface area (Å²) in [6.45, 7) is 0.549. The summed E-state index contributed by atoms with van der Waals surface area (Å²) < 4.78 is 32.8. The van der Waals surface area contributed by atoms with Gasteiger partial charge in [-0.05, 0) is 49.2 Å². The third-order valence-corrected chi connectivity index (χ3v) is 7.10. The molecule has 9 heteroatoms. The first kappa shape index (κ1) is 20.3. The molecule has 0 spiro atoms. The van der Waals surface area contributed by atoms with Crippen molar-refractivity contribution in [3.8, 4) is 5.75 Å². The lowest BCUT2D eigenvalue weighted by molar-refractivity contribution is -0.132. The summed E-state index contributed by atoms with van der Waals surface area (Å²) in [4.78, 5) is 16.2. The first-order valence-electron chi connectivity index (χ1n) is 9.52. The lowest BCUT2D eigenvalue weighted by Gasteiger charge is -2.22. The van der Waals surface area contributed by atoms with Crippen molar-refractivity contribution in [2.45, 2.75) is 30.4 Å². The predicted octanol–water partition coefficient (Wildman–Crippen LogP) is 2.47. The fourth-order valence-corrected chi connectivity index (χ4v) is 5.31. The third-order valence-electron chi connectivity index (χ3n) is 5.18. The first-order chi connectivity index (χ1) is 14.5. The highest BCUT2D eigenvalue weighted by atomic mass is 32.2. The van der Waals surface area contributed by atoms with Crippen LogP contribution in [0.25, 0.3) is 10.9 Å². The van der Waals surface area contributed by atoms with Gasteiger partial charge in [0.25, 0.3) is 5.91 Å². The molecule has 0 radical (unpaired) electrons. The number of hydrogen-bond acceptors (Lipinski definition) is 6. The van der Waals surface area contributed by atoms with Crippen LogP contribution in [0.15, 0.2) is 65.7 Å². The standard InChI is InChI=1S/C21H21N3O5S/c25-21(23-26)20-6-3-13-24(20)30(27,28)17-9-7-16(8-10-17)29-14-15-11-12-22-19-5-2-1-4-18(15)19/h1-2,4-5,7-12,20,26H,3,6,13-14H2,(H,23,25). The van der Waals surface area contributed by atoms with E-state index in [0.29, 0.717) is 25.2 Å². The van der Waals surface area contributed by atoms with Gasteiger partial charge in [0.2, 0.25) is 10.0 Å². The molecular weight excluding hydrogens is 406 g/mol. The minimum absolute atomic E-state index is 0.0712. The van der Waals surface area contributed by atoms with Crippen molar-refractivity contribution in [1.29, 1.82) is 0 Å². The Morgan fingerprint density at radius 3 is 2.70 bits per heavy atom. The monoisotopic (exact) mass is 427 g/mol. The molecule has 8 nitrogen and oxygen atoms in total. The molecule has 2 heterocycles. The molecule has 2 aromatic carbocycles. The normalized spacial score (nSPS) is 17.2. The van der Waals surface area contributed by atoms with Gasteiger partial charge in [0, 0.05) is 23.7 Å². The number of nitrogens with zero attached hydrogens (tertiary/aromatic N) is 2. The molecule has 1 amide bonds. The number of hydrogen-bond donors (Lipinski definition) is 2. The van der Waals surface area contributed by atoms with Crippen LogP contribution in [0.5, 0.6) is 5.75 Å². The Morgan fingerprint density at radius 1 is 1.17 bits per heavy atom. The van der Waals surface area contributed by atoms with Gasteiger partial charge in [0.1, 0.15) is 18.4 Å². The molecule has 1 saturated heterocycles. The summed E-state index contributed by atoms with van der Waals surface area (Å²) in [5.41, 5.74) is 3.41. The number of aromatic nitrogens is 1. The zero-order valence-corrected chi connectivity index (χ0v) is 16.9. The van der Waals surface area contributed by atoms with Gasteiger partial charge in [-0.1, -0.05) is 18.2 Å². The van der Waals surface area contributed by atoms with Gasteiger partial charge >= 0.3 is 0 Å². The van der Waals surface area contributed by atoms with E-state index >= 15 is 0 Å². The number of ether oxygens (including phenoxy) is 1. The van der Waals surface area contributed by atoms with Crippen molar-refractivity contribution < 1.29 is 23.2 Å². The van der Waals surface area contributed by atoms with Crippen LogP contribution in [0.1, 0.15) is 18.4 Å². The van der Waals surface area contributed by atoms with Gasteiger partial charge in [0.05, 0.1) is 10.4 Å². The summed E-state index contributed by atoms with van der Waals surface area (Å²) >= 11 is 0. The Kier molecular flexibility index (Phi) is 5.67. The summed E-state index contributed by atoms with van der Waals surface area (Å²) in [5, 5.41) is 9.86. The molecular formula is C21H21N3O5S. The minimum Gasteiger partial charge on any atom is -0.489 e. The Hall–Kier alpha value is -3.01. The van der Waals surface area contributed by atoms with Gasteiger partial charge in [0.15, 0.2) is 0 Å². The smallest absolute Gasteiger partial charge is 0.261 e. The number of rotatable bonds is 6. The number of carbonyl (C=O) groups excluding carboxylic acids is 1. The highest BCUT2D eigenvalue weighted by molar-refractivity contribution is 7.89. The number of hydroxylamine groups is 1. The van der Waals surface area contributed by atoms with Crippen LogP contribution in [-0.4, -0.2) is 41.4 Å². The Bertz CT molecular complexity index is 1160. The Balaban J connectivity index is 1.49. The number of amides is 1. The fraction of sp³-hybridized carbons (Fsp3) is 0.238. The molecule has 0 saturated carbocycles. The number of para-hydroxylation sites is 1. The molecule has 1 atom stereocenters. The summed E-state index contributed by atoms with van der Waals surface area (Å²) in [6, 6.07) is 14.9. The average Bonchev–Trinajstić information content (AvgIpc) is 3.28. The Labute approximate surface area is 174 Å². The number of fused-ring (bicyclic) bond motifs is 1. The number of nitrogens with one attached hydrogen (secondary N) is 1. The molecule has 3 aromatic rings. The van der Waals surface area contributed by atoms with Crippen molar-refractivity contribution in [3.05, 3.63) is 66.4 Å². The maximum Gasteiger partial charge on any atom is 0.261 e. The van der Waals surface area contributed by atoms with Gasteiger partial charge in [-0.25, -0.2) is 13.9 Å². The number of carbonyl (C=O) groups is 1. The molecule has 2 N–H and O–H groups in total. The SMILES string of the molecule is O=C(NO)C1CCCN1S(=O)(=O)c1ccc(OCc2ccnc3ccccc23)cc1. The van der Waals surface area contributed by atoms with Crippen LogP contribution >= 0.6 is 0 Å². The zero-order chi connectivity index (χ0) is 21.1. The summed E-state index contributed by atoms with van der Waals surface area (Å²) in [6.07, 6.45) is 2.65. The third kappa shape index (κ3) is 3.87.